The van der Waals surface area contributed by atoms with E-state index >= 15 is 0 Å². The van der Waals surface area contributed by atoms with Crippen molar-refractivity contribution in [1.82, 2.24) is 0 Å². The minimum atomic E-state index is -0.0806. The van der Waals surface area contributed by atoms with Crippen LogP contribution in [0.25, 0.3) is 10.8 Å². The molecular weight excluding hydrogens is 290 g/mol. The molecule has 0 spiro atoms. The van der Waals surface area contributed by atoms with E-state index in [0.29, 0.717) is 0 Å². The third kappa shape index (κ3) is 1.87. The van der Waals surface area contributed by atoms with Gasteiger partial charge in [0.1, 0.15) is 0 Å². The minimum Gasteiger partial charge on any atom is -0.353 e. The van der Waals surface area contributed by atoms with Gasteiger partial charge in [-0.3, -0.25) is 0 Å². The molecule has 0 fully saturated rings. The van der Waals surface area contributed by atoms with E-state index in [1.165, 1.54) is 33.2 Å². The zero-order valence-corrected chi connectivity index (χ0v) is 15.2. The number of benzene rings is 3. The maximum Gasteiger partial charge on any atom is 0.0615 e. The summed E-state index contributed by atoms with van der Waals surface area (Å²) in [4.78, 5) is 2.59. The number of para-hydroxylation sites is 1. The highest BCUT2D eigenvalue weighted by Gasteiger charge is 2.46. The summed E-state index contributed by atoms with van der Waals surface area (Å²) >= 11 is 0. The third-order valence-electron chi connectivity index (χ3n) is 5.66. The van der Waals surface area contributed by atoms with Crippen molar-refractivity contribution in [3.63, 3.8) is 0 Å². The Balaban J connectivity index is 2.14. The first kappa shape index (κ1) is 15.3. The molecule has 24 heavy (non-hydrogen) atoms. The second-order valence-electron chi connectivity index (χ2n) is 7.95. The lowest BCUT2D eigenvalue weighted by molar-refractivity contribution is 0.341. The van der Waals surface area contributed by atoms with Crippen LogP contribution in [-0.4, -0.2) is 0 Å². The van der Waals surface area contributed by atoms with Crippen LogP contribution >= 0.6 is 0 Å². The molecule has 122 valence electrons. The van der Waals surface area contributed by atoms with Gasteiger partial charge in [-0.05, 0) is 74.2 Å². The van der Waals surface area contributed by atoms with Crippen LogP contribution in [0.1, 0.15) is 44.4 Å². The molecule has 0 saturated carbocycles. The summed E-state index contributed by atoms with van der Waals surface area (Å²) in [5, 5.41) is 2.79. The first-order valence-corrected chi connectivity index (χ1v) is 8.74. The van der Waals surface area contributed by atoms with E-state index in [2.05, 4.69) is 100 Å². The molecule has 0 saturated heterocycles. The van der Waals surface area contributed by atoms with Crippen molar-refractivity contribution in [2.75, 3.05) is 4.90 Å². The lowest BCUT2D eigenvalue weighted by Crippen LogP contribution is -2.55. The quantitative estimate of drug-likeness (QED) is 0.521. The molecule has 0 radical (unpaired) electrons. The molecule has 1 aliphatic heterocycles. The van der Waals surface area contributed by atoms with E-state index < -0.39 is 0 Å². The number of aryl methyl sites for hydroxylation is 1. The predicted octanol–water partition coefficient (Wildman–Crippen LogP) is 6.14. The van der Waals surface area contributed by atoms with E-state index in [1.54, 1.807) is 0 Å². The summed E-state index contributed by atoms with van der Waals surface area (Å²) in [5.41, 5.74) is 5.36. The number of nitrogens with zero attached hydrogens (tertiary/aromatic N) is 1. The fourth-order valence-corrected chi connectivity index (χ4v) is 4.94. The summed E-state index contributed by atoms with van der Waals surface area (Å²) in [7, 11) is 0. The second kappa shape index (κ2) is 4.86. The molecule has 0 aliphatic carbocycles. The van der Waals surface area contributed by atoms with Crippen molar-refractivity contribution >= 4 is 16.5 Å². The highest BCUT2D eigenvalue weighted by atomic mass is 15.3. The minimum absolute atomic E-state index is 0.0782. The standard InChI is InChI=1S/C23H25N/c1-16-14-15-17-10-9-13-19-20(17)21(16)23(4,5)24(22(19,2)3)18-11-7-6-8-12-18/h6-15H,1-5H3. The number of hydrogen-bond donors (Lipinski definition) is 0. The molecule has 1 nitrogen and oxygen atoms in total. The van der Waals surface area contributed by atoms with Crippen LogP contribution in [0.4, 0.5) is 5.69 Å². The molecule has 0 aromatic heterocycles. The van der Waals surface area contributed by atoms with Gasteiger partial charge in [-0.1, -0.05) is 48.5 Å². The molecule has 0 amide bonds. The number of hydrogen-bond acceptors (Lipinski definition) is 1. The van der Waals surface area contributed by atoms with Gasteiger partial charge in [0.05, 0.1) is 11.1 Å². The zero-order valence-electron chi connectivity index (χ0n) is 15.2. The molecule has 3 aromatic rings. The third-order valence-corrected chi connectivity index (χ3v) is 5.66. The van der Waals surface area contributed by atoms with Crippen LogP contribution < -0.4 is 4.90 Å². The van der Waals surface area contributed by atoms with Crippen molar-refractivity contribution < 1.29 is 0 Å². The van der Waals surface area contributed by atoms with Crippen LogP contribution in [0.5, 0.6) is 0 Å². The molecule has 0 atom stereocenters. The van der Waals surface area contributed by atoms with Gasteiger partial charge in [0.15, 0.2) is 0 Å². The summed E-state index contributed by atoms with van der Waals surface area (Å²) in [5.74, 6) is 0. The smallest absolute Gasteiger partial charge is 0.0615 e. The summed E-state index contributed by atoms with van der Waals surface area (Å²) in [6.07, 6.45) is 0. The molecule has 1 aliphatic rings. The van der Waals surface area contributed by atoms with Gasteiger partial charge in [-0.2, -0.15) is 0 Å². The van der Waals surface area contributed by atoms with Gasteiger partial charge in [0.2, 0.25) is 0 Å². The largest absolute Gasteiger partial charge is 0.353 e. The highest BCUT2D eigenvalue weighted by molar-refractivity contribution is 5.94. The van der Waals surface area contributed by atoms with E-state index in [4.69, 9.17) is 0 Å². The Bertz CT molecular complexity index is 919. The fraction of sp³-hybridized carbons (Fsp3) is 0.304. The maximum atomic E-state index is 2.59. The Hall–Kier alpha value is -2.28. The highest BCUT2D eigenvalue weighted by Crippen LogP contribution is 2.51. The summed E-state index contributed by atoms with van der Waals surface area (Å²) in [6, 6.07) is 22.1. The monoisotopic (exact) mass is 315 g/mol. The molecule has 0 N–H and O–H groups in total. The van der Waals surface area contributed by atoms with E-state index in [1.807, 2.05) is 0 Å². The SMILES string of the molecule is Cc1ccc2cccc3c2c1C(C)(C)N(c1ccccc1)C3(C)C. The predicted molar refractivity (Wildman–Crippen MR) is 104 cm³/mol. The van der Waals surface area contributed by atoms with Gasteiger partial charge in [0.25, 0.3) is 0 Å². The van der Waals surface area contributed by atoms with Crippen molar-refractivity contribution in [2.24, 2.45) is 0 Å². The van der Waals surface area contributed by atoms with Crippen molar-refractivity contribution in [3.8, 4) is 0 Å². The van der Waals surface area contributed by atoms with Gasteiger partial charge in [0, 0.05) is 5.69 Å². The first-order chi connectivity index (χ1) is 11.3. The van der Waals surface area contributed by atoms with Crippen molar-refractivity contribution in [3.05, 3.63) is 77.4 Å². The number of rotatable bonds is 1. The van der Waals surface area contributed by atoms with Gasteiger partial charge in [-0.15, -0.1) is 0 Å². The van der Waals surface area contributed by atoms with Crippen LogP contribution in [0.2, 0.25) is 0 Å². The van der Waals surface area contributed by atoms with Crippen LogP contribution in [0, 0.1) is 6.92 Å². The molecule has 4 rings (SSSR count). The average Bonchev–Trinajstić information content (AvgIpc) is 2.53. The van der Waals surface area contributed by atoms with E-state index in [9.17, 15) is 0 Å². The normalized spacial score (nSPS) is 18.0. The summed E-state index contributed by atoms with van der Waals surface area (Å²) in [6.45, 7) is 11.7. The Kier molecular flexibility index (Phi) is 3.09. The molecular formula is C23H25N. The Morgan fingerprint density at radius 1 is 0.708 bits per heavy atom. The zero-order chi connectivity index (χ0) is 17.1. The van der Waals surface area contributed by atoms with E-state index in [0.717, 1.165) is 0 Å². The van der Waals surface area contributed by atoms with Crippen LogP contribution in [-0.2, 0) is 11.1 Å². The van der Waals surface area contributed by atoms with Gasteiger partial charge < -0.3 is 4.90 Å². The van der Waals surface area contributed by atoms with Crippen LogP contribution in [0.3, 0.4) is 0 Å². The molecule has 1 heteroatoms. The fourth-order valence-electron chi connectivity index (χ4n) is 4.94. The average molecular weight is 315 g/mol. The molecule has 0 bridgehead atoms. The second-order valence-corrected chi connectivity index (χ2v) is 7.95. The lowest BCUT2D eigenvalue weighted by atomic mass is 9.72. The van der Waals surface area contributed by atoms with Crippen molar-refractivity contribution in [1.29, 1.82) is 0 Å². The lowest BCUT2D eigenvalue weighted by Gasteiger charge is -2.55. The van der Waals surface area contributed by atoms with E-state index in [-0.39, 0.29) is 11.1 Å². The Morgan fingerprint density at radius 2 is 1.42 bits per heavy atom. The molecule has 0 unspecified atom stereocenters. The molecule has 1 heterocycles. The summed E-state index contributed by atoms with van der Waals surface area (Å²) < 4.78 is 0. The van der Waals surface area contributed by atoms with Gasteiger partial charge >= 0.3 is 0 Å². The topological polar surface area (TPSA) is 3.24 Å². The number of anilines is 1. The maximum absolute atomic E-state index is 2.59. The van der Waals surface area contributed by atoms with Crippen molar-refractivity contribution in [2.45, 2.75) is 45.7 Å². The molecule has 3 aromatic carbocycles. The Labute approximate surface area is 144 Å². The van der Waals surface area contributed by atoms with Gasteiger partial charge in [-0.25, -0.2) is 0 Å². The first-order valence-electron chi connectivity index (χ1n) is 8.74. The van der Waals surface area contributed by atoms with Crippen LogP contribution in [0.15, 0.2) is 60.7 Å². The Morgan fingerprint density at radius 3 is 2.12 bits per heavy atom.